The highest BCUT2D eigenvalue weighted by Crippen LogP contribution is 2.54. The molecule has 248 valence electrons. The predicted molar refractivity (Wildman–Crippen MR) is 216 cm³/mol. The molecule has 6 aromatic carbocycles. The number of benzene rings is 6. The van der Waals surface area contributed by atoms with Gasteiger partial charge in [0.1, 0.15) is 5.65 Å². The minimum atomic E-state index is -0.0924. The first-order valence-corrected chi connectivity index (χ1v) is 18.3. The van der Waals surface area contributed by atoms with Gasteiger partial charge in [-0.05, 0) is 93.0 Å². The second-order valence-electron chi connectivity index (χ2n) is 15.7. The molecule has 0 saturated carbocycles. The Labute approximate surface area is 303 Å². The lowest BCUT2D eigenvalue weighted by molar-refractivity contribution is 0.660. The van der Waals surface area contributed by atoms with E-state index in [1.54, 1.807) is 0 Å². The van der Waals surface area contributed by atoms with Gasteiger partial charge in [-0.15, -0.1) is 0 Å². The molecular formula is C49H37N3. The number of fused-ring (bicyclic) bond motifs is 10. The number of aromatic nitrogens is 3. The molecule has 0 spiro atoms. The Morgan fingerprint density at radius 3 is 1.60 bits per heavy atom. The van der Waals surface area contributed by atoms with Gasteiger partial charge < -0.3 is 4.57 Å². The van der Waals surface area contributed by atoms with Gasteiger partial charge in [0.05, 0.1) is 22.4 Å². The molecule has 0 amide bonds. The fourth-order valence-electron chi connectivity index (χ4n) is 9.52. The first-order chi connectivity index (χ1) is 25.3. The topological polar surface area (TPSA) is 22.2 Å². The maximum atomic E-state index is 5.10. The van der Waals surface area contributed by atoms with Gasteiger partial charge in [-0.3, -0.25) is 4.40 Å². The highest BCUT2D eigenvalue weighted by molar-refractivity contribution is 6.13. The Hall–Kier alpha value is -6.19. The Morgan fingerprint density at radius 1 is 0.462 bits per heavy atom. The van der Waals surface area contributed by atoms with Crippen molar-refractivity contribution in [1.82, 2.24) is 14.0 Å². The maximum absolute atomic E-state index is 5.10. The van der Waals surface area contributed by atoms with E-state index in [2.05, 4.69) is 188 Å². The van der Waals surface area contributed by atoms with Crippen LogP contribution in [0.4, 0.5) is 0 Å². The summed E-state index contributed by atoms with van der Waals surface area (Å²) >= 11 is 0. The average molecular weight is 668 g/mol. The molecule has 52 heavy (non-hydrogen) atoms. The molecule has 2 aliphatic carbocycles. The number of nitrogens with zero attached hydrogens (tertiary/aromatic N) is 3. The van der Waals surface area contributed by atoms with E-state index in [4.69, 9.17) is 4.98 Å². The molecule has 0 unspecified atom stereocenters. The van der Waals surface area contributed by atoms with E-state index in [9.17, 15) is 0 Å². The van der Waals surface area contributed by atoms with Gasteiger partial charge in [0.15, 0.2) is 0 Å². The number of pyridine rings is 1. The number of hydrogen-bond acceptors (Lipinski definition) is 1. The first-order valence-electron chi connectivity index (χ1n) is 18.3. The zero-order chi connectivity index (χ0) is 34.9. The maximum Gasteiger partial charge on any atom is 0.137 e. The standard InChI is InChI=1S/C49H37N3/c1-48(2)39-18-10-8-16-33(39)35-26-37-38-27-36-34-17-9-11-19-40(34)49(3,4)42(36)29-44(38)52(43(37)28-41(35)48)32-23-21-31(22-24-32)47-46(30-14-6-5-7-15-30)50-45-20-12-13-25-51(45)47/h5-29H,1-4H3. The smallest absolute Gasteiger partial charge is 0.137 e. The Kier molecular flexibility index (Phi) is 5.79. The third kappa shape index (κ3) is 3.83. The highest BCUT2D eigenvalue weighted by atomic mass is 15.0. The van der Waals surface area contributed by atoms with Gasteiger partial charge in [0.2, 0.25) is 0 Å². The lowest BCUT2D eigenvalue weighted by Gasteiger charge is -2.22. The highest BCUT2D eigenvalue weighted by Gasteiger charge is 2.38. The van der Waals surface area contributed by atoms with Crippen molar-refractivity contribution >= 4 is 27.5 Å². The fourth-order valence-corrected chi connectivity index (χ4v) is 9.52. The van der Waals surface area contributed by atoms with Gasteiger partial charge in [-0.25, -0.2) is 4.98 Å². The molecule has 11 rings (SSSR count). The van der Waals surface area contributed by atoms with Crippen molar-refractivity contribution in [2.75, 3.05) is 0 Å². The molecule has 0 fully saturated rings. The Morgan fingerprint density at radius 2 is 1.00 bits per heavy atom. The van der Waals surface area contributed by atoms with Crippen molar-refractivity contribution in [3.05, 3.63) is 174 Å². The van der Waals surface area contributed by atoms with E-state index < -0.39 is 0 Å². The van der Waals surface area contributed by atoms with Crippen LogP contribution in [0.2, 0.25) is 0 Å². The average Bonchev–Trinajstić information content (AvgIpc) is 3.85. The molecule has 3 heteroatoms. The Balaban J connectivity index is 1.18. The van der Waals surface area contributed by atoms with Crippen LogP contribution in [-0.4, -0.2) is 14.0 Å². The van der Waals surface area contributed by atoms with Crippen molar-refractivity contribution < 1.29 is 0 Å². The molecule has 3 nitrogen and oxygen atoms in total. The van der Waals surface area contributed by atoms with Crippen molar-refractivity contribution in [3.8, 4) is 50.5 Å². The summed E-state index contributed by atoms with van der Waals surface area (Å²) < 4.78 is 4.73. The second-order valence-corrected chi connectivity index (χ2v) is 15.7. The minimum Gasteiger partial charge on any atom is -0.309 e. The zero-order valence-corrected chi connectivity index (χ0v) is 29.8. The van der Waals surface area contributed by atoms with Crippen LogP contribution in [0.25, 0.3) is 77.9 Å². The van der Waals surface area contributed by atoms with Crippen LogP contribution in [0.5, 0.6) is 0 Å². The van der Waals surface area contributed by atoms with Crippen molar-refractivity contribution in [3.63, 3.8) is 0 Å². The van der Waals surface area contributed by atoms with E-state index in [1.165, 1.54) is 66.3 Å². The molecular weight excluding hydrogens is 631 g/mol. The van der Waals surface area contributed by atoms with Crippen LogP contribution in [0.15, 0.2) is 152 Å². The van der Waals surface area contributed by atoms with E-state index in [0.29, 0.717) is 0 Å². The fraction of sp³-hybridized carbons (Fsp3) is 0.122. The lowest BCUT2D eigenvalue weighted by atomic mass is 9.82. The Bertz CT molecular complexity index is 2810. The largest absolute Gasteiger partial charge is 0.309 e. The SMILES string of the molecule is CC1(C)c2ccccc2-c2cc3c4cc5c(cc4n(-c4ccc(-c6c(-c7ccccc7)nc7ccccn67)cc4)c3cc21)C(C)(C)c1ccccc1-5. The van der Waals surface area contributed by atoms with Crippen molar-refractivity contribution in [1.29, 1.82) is 0 Å². The third-order valence-corrected chi connectivity index (χ3v) is 12.1. The minimum absolute atomic E-state index is 0.0924. The predicted octanol–water partition coefficient (Wildman–Crippen LogP) is 12.4. The quantitative estimate of drug-likeness (QED) is 0.184. The molecule has 9 aromatic rings. The van der Waals surface area contributed by atoms with Gasteiger partial charge in [-0.1, -0.05) is 125 Å². The molecule has 2 aliphatic rings. The molecule has 0 aliphatic heterocycles. The van der Waals surface area contributed by atoms with Crippen LogP contribution in [-0.2, 0) is 10.8 Å². The van der Waals surface area contributed by atoms with E-state index in [1.807, 2.05) is 0 Å². The van der Waals surface area contributed by atoms with E-state index in [0.717, 1.165) is 33.8 Å². The van der Waals surface area contributed by atoms with E-state index >= 15 is 0 Å². The van der Waals surface area contributed by atoms with Gasteiger partial charge in [0.25, 0.3) is 0 Å². The first kappa shape index (κ1) is 29.5. The number of hydrogen-bond donors (Lipinski definition) is 0. The zero-order valence-electron chi connectivity index (χ0n) is 29.8. The summed E-state index contributed by atoms with van der Waals surface area (Å²) in [6, 6.07) is 53.7. The third-order valence-electron chi connectivity index (χ3n) is 12.1. The van der Waals surface area contributed by atoms with Crippen molar-refractivity contribution in [2.24, 2.45) is 0 Å². The summed E-state index contributed by atoms with van der Waals surface area (Å²) in [7, 11) is 0. The van der Waals surface area contributed by atoms with Crippen LogP contribution < -0.4 is 0 Å². The van der Waals surface area contributed by atoms with Crippen LogP contribution in [0.3, 0.4) is 0 Å². The lowest BCUT2D eigenvalue weighted by Crippen LogP contribution is -2.15. The van der Waals surface area contributed by atoms with Crippen LogP contribution >= 0.6 is 0 Å². The van der Waals surface area contributed by atoms with Crippen LogP contribution in [0.1, 0.15) is 49.9 Å². The summed E-state index contributed by atoms with van der Waals surface area (Å²) in [5.74, 6) is 0. The molecule has 0 radical (unpaired) electrons. The number of rotatable bonds is 3. The molecule has 0 bridgehead atoms. The monoisotopic (exact) mass is 667 g/mol. The van der Waals surface area contributed by atoms with Gasteiger partial charge in [0, 0.05) is 44.6 Å². The molecule has 3 aromatic heterocycles. The summed E-state index contributed by atoms with van der Waals surface area (Å²) in [6.07, 6.45) is 2.12. The molecule has 0 saturated heterocycles. The van der Waals surface area contributed by atoms with Gasteiger partial charge in [-0.2, -0.15) is 0 Å². The summed E-state index contributed by atoms with van der Waals surface area (Å²) in [5.41, 5.74) is 19.7. The van der Waals surface area contributed by atoms with E-state index in [-0.39, 0.29) is 10.8 Å². The summed E-state index contributed by atoms with van der Waals surface area (Å²) in [5, 5.41) is 2.59. The molecule has 0 N–H and O–H groups in total. The van der Waals surface area contributed by atoms with Crippen molar-refractivity contribution in [2.45, 2.75) is 38.5 Å². The van der Waals surface area contributed by atoms with Gasteiger partial charge >= 0.3 is 0 Å². The normalized spacial score (nSPS) is 14.8. The molecule has 3 heterocycles. The molecule has 0 atom stereocenters. The summed E-state index contributed by atoms with van der Waals surface area (Å²) in [6.45, 7) is 9.50. The van der Waals surface area contributed by atoms with Crippen LogP contribution in [0, 0.1) is 0 Å². The second kappa shape index (κ2) is 10.2. The number of imidazole rings is 1. The summed E-state index contributed by atoms with van der Waals surface area (Å²) in [4.78, 5) is 5.10.